The zero-order chi connectivity index (χ0) is 15.5. The molecule has 0 saturated carbocycles. The minimum absolute atomic E-state index is 0.0709. The molecule has 0 bridgehead atoms. The highest BCUT2D eigenvalue weighted by molar-refractivity contribution is 7.89. The van der Waals surface area contributed by atoms with Crippen molar-refractivity contribution in [1.82, 2.24) is 9.21 Å². The number of rotatable bonds is 5. The molecule has 0 aliphatic carbocycles. The fraction of sp³-hybridized carbons (Fsp3) is 0.818. The number of likely N-dealkylation sites (N-methyl/N-ethyl adjacent to an activating group) is 1. The maximum atomic E-state index is 12.1. The van der Waals surface area contributed by atoms with Gasteiger partial charge in [0.15, 0.2) is 6.10 Å². The van der Waals surface area contributed by atoms with Gasteiger partial charge in [0, 0.05) is 13.6 Å². The van der Waals surface area contributed by atoms with Crippen molar-refractivity contribution in [2.75, 3.05) is 32.4 Å². The van der Waals surface area contributed by atoms with Crippen LogP contribution in [0.2, 0.25) is 0 Å². The van der Waals surface area contributed by atoms with Crippen LogP contribution in [-0.4, -0.2) is 79.2 Å². The Hall–Kier alpha value is -1.19. The van der Waals surface area contributed by atoms with Crippen LogP contribution in [-0.2, 0) is 24.3 Å². The molecule has 1 aliphatic rings. The van der Waals surface area contributed by atoms with Crippen molar-refractivity contribution in [3.05, 3.63) is 0 Å². The lowest BCUT2D eigenvalue weighted by molar-refractivity contribution is -0.166. The molecule has 1 heterocycles. The van der Waals surface area contributed by atoms with Gasteiger partial charge in [-0.2, -0.15) is 4.31 Å². The van der Waals surface area contributed by atoms with Crippen molar-refractivity contribution in [2.45, 2.75) is 26.1 Å². The molecule has 0 aromatic heterocycles. The highest BCUT2D eigenvalue weighted by Gasteiger charge is 2.33. The predicted molar refractivity (Wildman–Crippen MR) is 70.6 cm³/mol. The topological polar surface area (TPSA) is 104 Å². The normalized spacial score (nSPS) is 23.9. The molecule has 1 rings (SSSR count). The van der Waals surface area contributed by atoms with Crippen LogP contribution in [0.3, 0.4) is 0 Å². The number of amides is 1. The molecule has 9 heteroatoms. The molecule has 1 fully saturated rings. The molecule has 1 amide bonds. The number of ether oxygens (including phenoxy) is 1. The summed E-state index contributed by atoms with van der Waals surface area (Å²) >= 11 is 0. The van der Waals surface area contributed by atoms with E-state index in [0.717, 1.165) is 4.31 Å². The highest BCUT2D eigenvalue weighted by Crippen LogP contribution is 2.12. The van der Waals surface area contributed by atoms with Gasteiger partial charge in [-0.05, 0) is 13.8 Å². The van der Waals surface area contributed by atoms with Crippen LogP contribution in [0.25, 0.3) is 0 Å². The zero-order valence-corrected chi connectivity index (χ0v) is 12.6. The van der Waals surface area contributed by atoms with Crippen LogP contribution in [0.4, 0.5) is 0 Å². The second-order valence-electron chi connectivity index (χ2n) is 4.73. The van der Waals surface area contributed by atoms with Gasteiger partial charge in [0.05, 0.1) is 24.9 Å². The third-order valence-corrected chi connectivity index (χ3v) is 4.89. The zero-order valence-electron chi connectivity index (χ0n) is 11.8. The van der Waals surface area contributed by atoms with Crippen LogP contribution in [0.15, 0.2) is 0 Å². The molecule has 116 valence electrons. The Kier molecular flexibility index (Phi) is 5.49. The molecule has 1 aliphatic heterocycles. The third-order valence-electron chi connectivity index (χ3n) is 3.09. The Morgan fingerprint density at radius 3 is 2.50 bits per heavy atom. The van der Waals surface area contributed by atoms with E-state index in [0.29, 0.717) is 0 Å². The molecular weight excluding hydrogens is 288 g/mol. The molecule has 1 saturated heterocycles. The van der Waals surface area contributed by atoms with Crippen LogP contribution >= 0.6 is 0 Å². The van der Waals surface area contributed by atoms with Crippen LogP contribution in [0.5, 0.6) is 0 Å². The van der Waals surface area contributed by atoms with Gasteiger partial charge in [-0.3, -0.25) is 4.79 Å². The van der Waals surface area contributed by atoms with E-state index in [1.807, 2.05) is 0 Å². The Morgan fingerprint density at radius 2 is 2.00 bits per heavy atom. The van der Waals surface area contributed by atoms with Gasteiger partial charge in [-0.15, -0.1) is 0 Å². The molecule has 0 spiro atoms. The average molecular weight is 308 g/mol. The molecule has 8 nitrogen and oxygen atoms in total. The van der Waals surface area contributed by atoms with Crippen LogP contribution in [0, 0.1) is 0 Å². The van der Waals surface area contributed by atoms with Gasteiger partial charge in [-0.1, -0.05) is 0 Å². The molecule has 0 radical (unpaired) electrons. The van der Waals surface area contributed by atoms with Gasteiger partial charge < -0.3 is 14.7 Å². The summed E-state index contributed by atoms with van der Waals surface area (Å²) in [5, 5.41) is 8.94. The van der Waals surface area contributed by atoms with E-state index in [-0.39, 0.29) is 25.4 Å². The number of hydrogen-bond donors (Lipinski definition) is 1. The van der Waals surface area contributed by atoms with Gasteiger partial charge in [0.1, 0.15) is 0 Å². The number of carbonyl (C=O) groups is 2. The van der Waals surface area contributed by atoms with Crippen molar-refractivity contribution in [3.8, 4) is 0 Å². The second kappa shape index (κ2) is 6.51. The lowest BCUT2D eigenvalue weighted by Gasteiger charge is -2.35. The van der Waals surface area contributed by atoms with Gasteiger partial charge in [0.2, 0.25) is 15.9 Å². The molecule has 2 atom stereocenters. The maximum Gasteiger partial charge on any atom is 0.334 e. The first-order valence-electron chi connectivity index (χ1n) is 6.27. The largest absolute Gasteiger partial charge is 0.479 e. The van der Waals surface area contributed by atoms with E-state index in [1.165, 1.54) is 18.9 Å². The number of sulfonamides is 1. The fourth-order valence-electron chi connectivity index (χ4n) is 1.90. The monoisotopic (exact) mass is 308 g/mol. The highest BCUT2D eigenvalue weighted by atomic mass is 32.2. The number of morpholine rings is 1. The SMILES string of the molecule is CCS(=O)(=O)N(C)CC(=O)N1CC(C(=O)O)O[C@H](C)C1. The summed E-state index contributed by atoms with van der Waals surface area (Å²) in [6, 6.07) is 0. The third kappa shape index (κ3) is 4.15. The van der Waals surface area contributed by atoms with Gasteiger partial charge in [-0.25, -0.2) is 13.2 Å². The quantitative estimate of drug-likeness (QED) is 0.696. The van der Waals surface area contributed by atoms with E-state index in [2.05, 4.69) is 0 Å². The van der Waals surface area contributed by atoms with Crippen molar-refractivity contribution in [2.24, 2.45) is 0 Å². The molecule has 0 aromatic rings. The Balaban J connectivity index is 2.69. The number of carbonyl (C=O) groups excluding carboxylic acids is 1. The van der Waals surface area contributed by atoms with Gasteiger partial charge in [0.25, 0.3) is 0 Å². The standard InChI is InChI=1S/C11H20N2O6S/c1-4-20(17,18)12(3)7-10(14)13-5-8(2)19-9(6-13)11(15)16/h8-9H,4-7H2,1-3H3,(H,15,16)/t8-,9?/m1/s1. The Labute approximate surface area is 118 Å². The minimum atomic E-state index is -3.44. The molecule has 0 aromatic carbocycles. The van der Waals surface area contributed by atoms with E-state index in [9.17, 15) is 18.0 Å². The first-order valence-corrected chi connectivity index (χ1v) is 7.88. The van der Waals surface area contributed by atoms with E-state index in [1.54, 1.807) is 6.92 Å². The van der Waals surface area contributed by atoms with E-state index in [4.69, 9.17) is 9.84 Å². The minimum Gasteiger partial charge on any atom is -0.479 e. The summed E-state index contributed by atoms with van der Waals surface area (Å²) < 4.78 is 29.4. The van der Waals surface area contributed by atoms with E-state index < -0.39 is 34.1 Å². The summed E-state index contributed by atoms with van der Waals surface area (Å²) in [5.74, 6) is -1.65. The van der Waals surface area contributed by atoms with Crippen molar-refractivity contribution in [3.63, 3.8) is 0 Å². The van der Waals surface area contributed by atoms with E-state index >= 15 is 0 Å². The van der Waals surface area contributed by atoms with Gasteiger partial charge >= 0.3 is 5.97 Å². The summed E-state index contributed by atoms with van der Waals surface area (Å²) in [6.07, 6.45) is -1.47. The van der Waals surface area contributed by atoms with Crippen molar-refractivity contribution in [1.29, 1.82) is 0 Å². The lowest BCUT2D eigenvalue weighted by Crippen LogP contribution is -2.54. The number of nitrogens with zero attached hydrogens (tertiary/aromatic N) is 2. The molecular formula is C11H20N2O6S. The number of hydrogen-bond acceptors (Lipinski definition) is 5. The second-order valence-corrected chi connectivity index (χ2v) is 7.09. The number of aliphatic carboxylic acids is 1. The average Bonchev–Trinajstić information content (AvgIpc) is 2.37. The van der Waals surface area contributed by atoms with Crippen molar-refractivity contribution < 1.29 is 27.9 Å². The number of carboxylic acids is 1. The lowest BCUT2D eigenvalue weighted by atomic mass is 10.2. The fourth-order valence-corrected chi connectivity index (χ4v) is 2.65. The predicted octanol–water partition coefficient (Wildman–Crippen LogP) is -1.03. The van der Waals surface area contributed by atoms with Crippen LogP contribution < -0.4 is 0 Å². The molecule has 1 N–H and O–H groups in total. The molecule has 20 heavy (non-hydrogen) atoms. The smallest absolute Gasteiger partial charge is 0.334 e. The number of carboxylic acid groups (broad SMARTS) is 1. The summed E-state index contributed by atoms with van der Waals surface area (Å²) in [6.45, 7) is 3.05. The maximum absolute atomic E-state index is 12.1. The Morgan fingerprint density at radius 1 is 1.40 bits per heavy atom. The first-order chi connectivity index (χ1) is 9.17. The Bertz CT molecular complexity index is 477. The van der Waals surface area contributed by atoms with Crippen LogP contribution in [0.1, 0.15) is 13.8 Å². The first kappa shape index (κ1) is 16.9. The summed E-state index contributed by atoms with van der Waals surface area (Å²) in [7, 11) is -2.11. The summed E-state index contributed by atoms with van der Waals surface area (Å²) in [4.78, 5) is 24.3. The van der Waals surface area contributed by atoms with Crippen molar-refractivity contribution >= 4 is 21.9 Å². The molecule has 1 unspecified atom stereocenters. The summed E-state index contributed by atoms with van der Waals surface area (Å²) in [5.41, 5.74) is 0.